The minimum Gasteiger partial charge on any atom is -0.416 e. The molecule has 0 N–H and O–H groups in total. The van der Waals surface area contributed by atoms with Crippen molar-refractivity contribution >= 4 is 169 Å². The maximum atomic E-state index is 15.4. The summed E-state index contributed by atoms with van der Waals surface area (Å²) in [7, 11) is -29.9. The molecule has 1 aromatic heterocycles. The molecule has 0 spiro atoms. The highest BCUT2D eigenvalue weighted by molar-refractivity contribution is 6.95. The molecule has 0 radical (unpaired) electrons. The van der Waals surface area contributed by atoms with Gasteiger partial charge < -0.3 is 49.4 Å². The molecule has 0 aliphatic carbocycles. The lowest BCUT2D eigenvalue weighted by atomic mass is 9.82. The van der Waals surface area contributed by atoms with Crippen LogP contribution in [0.5, 0.6) is 0 Å². The van der Waals surface area contributed by atoms with Crippen LogP contribution in [0, 0.1) is 0 Å². The van der Waals surface area contributed by atoms with Crippen LogP contribution in [0.2, 0.25) is 156 Å². The molecule has 102 heavy (non-hydrogen) atoms. The minimum absolute atomic E-state index is 0.264. The SMILES string of the molecule is C[Si]1(C)O[Si](C)(C)O[Si](C)(CCCCCCC(CCCCCC[Si]2(C)O[Si](C)(C)O[Si](C)(C)O[Si](C)(C)O2)N2C(=O)c3ccc4c5ccc6c7c(ccc(c8ccc(c3c48)C2=O)c75)C(=O)N(CCCCC[n+]2ccn(CCCC[Si]3(C)O[Si](C)(C)O[Si](C)(C)O[Si](C)(C)O3)c2)C6=O)O[Si](C)(C)O1. The highest BCUT2D eigenvalue weighted by Crippen LogP contribution is 2.48. The average Bonchev–Trinajstić information content (AvgIpc) is 0.737. The first-order chi connectivity index (χ1) is 47.3. The lowest BCUT2D eigenvalue weighted by Gasteiger charge is -2.47. The normalized spacial score (nSPS) is 23.0. The van der Waals surface area contributed by atoms with E-state index in [0.717, 1.165) is 141 Å². The van der Waals surface area contributed by atoms with Crippen LogP contribution < -0.4 is 4.57 Å². The van der Waals surface area contributed by atoms with Gasteiger partial charge in [0.15, 0.2) is 0 Å². The third-order valence-electron chi connectivity index (χ3n) is 20.0. The second kappa shape index (κ2) is 29.8. The van der Waals surface area contributed by atoms with E-state index in [2.05, 4.69) is 165 Å². The van der Waals surface area contributed by atoms with Crippen LogP contribution in [0.3, 0.4) is 0 Å². The number of rotatable bonds is 26. The Hall–Kier alpha value is -2.99. The molecule has 3 fully saturated rings. The van der Waals surface area contributed by atoms with Crippen molar-refractivity contribution in [2.45, 2.75) is 271 Å². The topological polar surface area (TPSA) is 194 Å². The summed E-state index contributed by atoms with van der Waals surface area (Å²) >= 11 is 0. The zero-order valence-corrected chi connectivity index (χ0v) is 77.1. The molecule has 32 heteroatoms. The number of unbranched alkanes of at least 4 members (excludes halogenated alkanes) is 9. The number of imidazole rings is 1. The summed E-state index contributed by atoms with van der Waals surface area (Å²) in [6, 6.07) is 17.8. The molecule has 0 atom stereocenters. The predicted octanol–water partition coefficient (Wildman–Crippen LogP) is 17.7. The van der Waals surface area contributed by atoms with Crippen LogP contribution in [0.4, 0.5) is 0 Å². The summed E-state index contributed by atoms with van der Waals surface area (Å²) < 4.78 is 85.4. The average molecular weight is 1610 g/mol. The number of hydrogen-bond acceptors (Lipinski definition) is 16. The largest absolute Gasteiger partial charge is 0.416 e. The number of nitrogens with zero attached hydrogens (tertiary/aromatic N) is 4. The number of carbonyl (C=O) groups is 4. The van der Waals surface area contributed by atoms with E-state index in [9.17, 15) is 9.59 Å². The molecule has 0 unspecified atom stereocenters. The summed E-state index contributed by atoms with van der Waals surface area (Å²) in [4.78, 5) is 63.0. The minimum atomic E-state index is -2.64. The summed E-state index contributed by atoms with van der Waals surface area (Å²) in [5.41, 5.74) is 2.06. The maximum absolute atomic E-state index is 15.4. The van der Waals surface area contributed by atoms with E-state index in [-0.39, 0.29) is 29.7 Å². The molecule has 4 amide bonds. The molecule has 0 saturated carbocycles. The Balaban J connectivity index is 0.745. The van der Waals surface area contributed by atoms with E-state index in [0.29, 0.717) is 58.8 Å². The first-order valence-corrected chi connectivity index (χ1v) is 70.6. The Morgan fingerprint density at radius 3 is 0.971 bits per heavy atom. The fourth-order valence-corrected chi connectivity index (χ4v) is 83.0. The number of aromatic nitrogens is 2. The highest BCUT2D eigenvalue weighted by Gasteiger charge is 2.56. The van der Waals surface area contributed by atoms with Gasteiger partial charge in [0.25, 0.3) is 23.6 Å². The molecule has 5 aliphatic rings. The third kappa shape index (κ3) is 18.8. The number of fused-ring (bicyclic) bond motifs is 2. The molecular formula is C70H117N4O16Si12+. The Labute approximate surface area is 619 Å². The summed E-state index contributed by atoms with van der Waals surface area (Å²) in [5, 5.41) is 6.52. The fraction of sp³-hybridized carbons (Fsp3) is 0.614. The number of imide groups is 2. The Kier molecular flexibility index (Phi) is 23.4. The molecule has 3 saturated heterocycles. The Morgan fingerprint density at radius 1 is 0.324 bits per heavy atom. The smallest absolute Gasteiger partial charge is 0.317 e. The van der Waals surface area contributed by atoms with Crippen molar-refractivity contribution in [3.8, 4) is 0 Å². The van der Waals surface area contributed by atoms with Crippen molar-refractivity contribution in [3.63, 3.8) is 0 Å². The van der Waals surface area contributed by atoms with Crippen molar-refractivity contribution in [1.29, 1.82) is 0 Å². The highest BCUT2D eigenvalue weighted by atomic mass is 28.5. The zero-order valence-electron chi connectivity index (χ0n) is 65.1. The van der Waals surface area contributed by atoms with Gasteiger partial charge in [-0.15, -0.1) is 0 Å². The van der Waals surface area contributed by atoms with Gasteiger partial charge >= 0.3 is 103 Å². The van der Waals surface area contributed by atoms with Crippen LogP contribution in [0.15, 0.2) is 67.3 Å². The van der Waals surface area contributed by atoms with Gasteiger partial charge in [-0.2, -0.15) is 0 Å². The number of carbonyl (C=O) groups excluding carboxylic acids is 4. The van der Waals surface area contributed by atoms with Crippen LogP contribution >= 0.6 is 0 Å². The van der Waals surface area contributed by atoms with E-state index in [1.165, 1.54) is 4.90 Å². The quantitative estimate of drug-likeness (QED) is 0.0124. The van der Waals surface area contributed by atoms with Crippen LogP contribution in [-0.4, -0.2) is 153 Å². The monoisotopic (exact) mass is 1610 g/mol. The van der Waals surface area contributed by atoms with Crippen LogP contribution in [-0.2, 0) is 62.5 Å². The summed E-state index contributed by atoms with van der Waals surface area (Å²) in [6.07, 6.45) is 19.6. The lowest BCUT2D eigenvalue weighted by Crippen LogP contribution is -2.65. The number of aryl methyl sites for hydroxylation is 2. The fourth-order valence-electron chi connectivity index (χ4n) is 18.0. The molecular weight excluding hydrogens is 1490 g/mol. The molecule has 11 rings (SSSR count). The van der Waals surface area contributed by atoms with E-state index in [1.54, 1.807) is 4.90 Å². The van der Waals surface area contributed by atoms with Crippen molar-refractivity contribution < 1.29 is 73.1 Å². The Morgan fingerprint density at radius 2 is 0.618 bits per heavy atom. The van der Waals surface area contributed by atoms with Gasteiger partial charge in [-0.05, 0) is 257 Å². The second-order valence-corrected chi connectivity index (χ2v) is 77.4. The number of benzene rings is 5. The van der Waals surface area contributed by atoms with Gasteiger partial charge in [0.2, 0.25) is 6.33 Å². The first-order valence-electron chi connectivity index (χ1n) is 37.7. The summed E-state index contributed by atoms with van der Waals surface area (Å²) in [6.45, 7) is 46.4. The van der Waals surface area contributed by atoms with Crippen molar-refractivity contribution in [1.82, 2.24) is 14.4 Å². The molecule has 20 nitrogen and oxygen atoms in total. The van der Waals surface area contributed by atoms with E-state index < -0.39 is 103 Å². The zero-order chi connectivity index (χ0) is 74.2. The second-order valence-electron chi connectivity index (χ2n) is 34.1. The van der Waals surface area contributed by atoms with Crippen molar-refractivity contribution in [2.24, 2.45) is 0 Å². The molecule has 560 valence electrons. The molecule has 6 aromatic rings. The van der Waals surface area contributed by atoms with Gasteiger partial charge in [0, 0.05) is 45.6 Å². The first kappa shape index (κ1) is 80.0. The molecule has 5 aromatic carbocycles. The lowest BCUT2D eigenvalue weighted by molar-refractivity contribution is -0.696. The molecule has 0 bridgehead atoms. The number of hydrogen-bond donors (Lipinski definition) is 0. The van der Waals surface area contributed by atoms with E-state index in [4.69, 9.17) is 49.4 Å². The predicted molar refractivity (Wildman–Crippen MR) is 431 cm³/mol. The van der Waals surface area contributed by atoms with Gasteiger partial charge in [0.1, 0.15) is 12.4 Å². The van der Waals surface area contributed by atoms with Gasteiger partial charge in [-0.25, -0.2) is 9.13 Å². The Bertz CT molecular complexity index is 3870. The van der Waals surface area contributed by atoms with Gasteiger partial charge in [-0.3, -0.25) is 29.0 Å². The standard InChI is InChI=1S/C70H117N4O16Si12/c1-91(2)79-94(7,8)85-100(19,86-95(9,10)80-91)50-32-24-22-27-35-54(36-28-23-25-33-51-101(20)87-96(11,12)81-92(3,4)82-97(13,14)88-101)74-69(77)61-43-39-57-55-37-41-59-65-60(42-38-56(63(55)65)58-40-44-62(70(74)78)66(61)64(57)58)68(76)73(67(59)75)47-30-26-29-45-71-48-49-72(53-71)46-31-34-52-102(21)89-98(15,16)83-93(5,6)84-99(17,18)90-102/h37-44,48-49,53-54H,22-36,45-47,50-52H2,1-21H3/q+1. The van der Waals surface area contributed by atoms with Gasteiger partial charge in [0.05, 0.1) is 13.1 Å². The van der Waals surface area contributed by atoms with Crippen molar-refractivity contribution in [3.05, 3.63) is 89.5 Å². The van der Waals surface area contributed by atoms with E-state index in [1.807, 2.05) is 48.5 Å². The van der Waals surface area contributed by atoms with Crippen molar-refractivity contribution in [2.75, 3.05) is 6.54 Å². The van der Waals surface area contributed by atoms with Crippen LogP contribution in [0.25, 0.3) is 43.1 Å². The van der Waals surface area contributed by atoms with Gasteiger partial charge in [-0.1, -0.05) is 75.6 Å². The molecule has 6 heterocycles. The third-order valence-corrected chi connectivity index (χ3v) is 69.6. The maximum Gasteiger partial charge on any atom is 0.317 e. The molecule has 5 aliphatic heterocycles. The van der Waals surface area contributed by atoms with E-state index >= 15 is 9.59 Å². The number of amides is 4. The summed E-state index contributed by atoms with van der Waals surface area (Å²) in [5.74, 6) is -1.10. The van der Waals surface area contributed by atoms with Crippen LogP contribution in [0.1, 0.15) is 138 Å².